The van der Waals surface area contributed by atoms with Crippen molar-refractivity contribution in [3.63, 3.8) is 0 Å². The van der Waals surface area contributed by atoms with Crippen molar-refractivity contribution in [2.45, 2.75) is 6.42 Å². The highest BCUT2D eigenvalue weighted by Crippen LogP contribution is 2.10. The molecule has 0 spiro atoms. The van der Waals surface area contributed by atoms with Crippen LogP contribution >= 0.6 is 11.3 Å². The number of aromatic nitrogens is 4. The largest absolute Gasteiger partial charge is 0.467 e. The van der Waals surface area contributed by atoms with Crippen molar-refractivity contribution in [1.29, 1.82) is 0 Å². The Bertz CT molecular complexity index is 467. The van der Waals surface area contributed by atoms with Gasteiger partial charge in [-0.25, -0.2) is 4.98 Å². The van der Waals surface area contributed by atoms with Gasteiger partial charge in [0, 0.05) is 25.4 Å². The van der Waals surface area contributed by atoms with Crippen LogP contribution in [0.25, 0.3) is 0 Å². The molecule has 2 heterocycles. The molecule has 0 aliphatic rings. The summed E-state index contributed by atoms with van der Waals surface area (Å²) in [6.45, 7) is 0.708. The third-order valence-corrected chi connectivity index (χ3v) is 2.80. The SMILES string of the molecule is CNc1nc(NCCc2cscn2)nc(OC)n1. The Morgan fingerprint density at radius 1 is 1.28 bits per heavy atom. The molecule has 96 valence electrons. The van der Waals surface area contributed by atoms with Gasteiger partial charge >= 0.3 is 6.01 Å². The third-order valence-electron chi connectivity index (χ3n) is 2.17. The van der Waals surface area contributed by atoms with Gasteiger partial charge in [-0.15, -0.1) is 11.3 Å². The summed E-state index contributed by atoms with van der Waals surface area (Å²) in [7, 11) is 3.27. The smallest absolute Gasteiger partial charge is 0.322 e. The predicted molar refractivity (Wildman–Crippen MR) is 70.2 cm³/mol. The second kappa shape index (κ2) is 6.10. The summed E-state index contributed by atoms with van der Waals surface area (Å²) < 4.78 is 5.00. The van der Waals surface area contributed by atoms with Gasteiger partial charge in [-0.05, 0) is 0 Å². The summed E-state index contributed by atoms with van der Waals surface area (Å²) >= 11 is 1.59. The number of hydrogen-bond acceptors (Lipinski definition) is 8. The summed E-state index contributed by atoms with van der Waals surface area (Å²) in [6.07, 6.45) is 0.826. The fraction of sp³-hybridized carbons (Fsp3) is 0.400. The van der Waals surface area contributed by atoms with Gasteiger partial charge in [-0.1, -0.05) is 0 Å². The maximum Gasteiger partial charge on any atom is 0.322 e. The lowest BCUT2D eigenvalue weighted by molar-refractivity contribution is 0.379. The molecule has 0 unspecified atom stereocenters. The van der Waals surface area contributed by atoms with E-state index < -0.39 is 0 Å². The number of nitrogens with zero attached hydrogens (tertiary/aromatic N) is 4. The van der Waals surface area contributed by atoms with Crippen molar-refractivity contribution in [1.82, 2.24) is 19.9 Å². The fourth-order valence-corrected chi connectivity index (χ4v) is 1.89. The lowest BCUT2D eigenvalue weighted by Gasteiger charge is -2.06. The standard InChI is InChI=1S/C10H14N6OS/c1-11-8-14-9(16-10(15-8)17-2)12-4-3-7-5-18-6-13-7/h5-6H,3-4H2,1-2H3,(H2,11,12,14,15,16). The van der Waals surface area contributed by atoms with E-state index in [2.05, 4.69) is 30.6 Å². The van der Waals surface area contributed by atoms with E-state index in [0.29, 0.717) is 18.4 Å². The number of thiazole rings is 1. The molecule has 0 saturated carbocycles. The van der Waals surface area contributed by atoms with E-state index in [9.17, 15) is 0 Å². The molecule has 0 aromatic carbocycles. The molecule has 0 amide bonds. The van der Waals surface area contributed by atoms with Crippen molar-refractivity contribution >= 4 is 23.2 Å². The van der Waals surface area contributed by atoms with Crippen LogP contribution in [0.4, 0.5) is 11.9 Å². The Kier molecular flexibility index (Phi) is 4.24. The van der Waals surface area contributed by atoms with Crippen LogP contribution in [0.1, 0.15) is 5.69 Å². The van der Waals surface area contributed by atoms with E-state index in [1.165, 1.54) is 7.11 Å². The molecule has 2 aromatic rings. The summed E-state index contributed by atoms with van der Waals surface area (Å²) in [5.41, 5.74) is 2.88. The molecule has 2 aromatic heterocycles. The number of ether oxygens (including phenoxy) is 1. The molecule has 0 radical (unpaired) electrons. The second-order valence-electron chi connectivity index (χ2n) is 3.38. The molecule has 0 aliphatic carbocycles. The van der Waals surface area contributed by atoms with E-state index in [1.54, 1.807) is 18.4 Å². The van der Waals surface area contributed by atoms with Crippen molar-refractivity contribution in [2.24, 2.45) is 0 Å². The Morgan fingerprint density at radius 3 is 2.78 bits per heavy atom. The number of nitrogens with one attached hydrogen (secondary N) is 2. The van der Waals surface area contributed by atoms with Crippen molar-refractivity contribution in [2.75, 3.05) is 31.3 Å². The van der Waals surface area contributed by atoms with E-state index >= 15 is 0 Å². The average molecular weight is 266 g/mol. The fourth-order valence-electron chi connectivity index (χ4n) is 1.30. The molecular formula is C10H14N6OS. The molecule has 0 atom stereocenters. The first-order valence-electron chi connectivity index (χ1n) is 5.40. The van der Waals surface area contributed by atoms with Gasteiger partial charge in [0.1, 0.15) is 0 Å². The number of hydrogen-bond donors (Lipinski definition) is 2. The number of rotatable bonds is 6. The number of methoxy groups -OCH3 is 1. The molecule has 0 fully saturated rings. The normalized spacial score (nSPS) is 10.1. The van der Waals surface area contributed by atoms with E-state index in [0.717, 1.165) is 12.1 Å². The summed E-state index contributed by atoms with van der Waals surface area (Å²) in [5.74, 6) is 0.958. The molecular weight excluding hydrogens is 252 g/mol. The Hall–Kier alpha value is -1.96. The molecule has 2 rings (SSSR count). The topological polar surface area (TPSA) is 84.9 Å². The summed E-state index contributed by atoms with van der Waals surface area (Å²) in [5, 5.41) is 7.99. The maximum atomic E-state index is 5.00. The summed E-state index contributed by atoms with van der Waals surface area (Å²) in [4.78, 5) is 16.5. The van der Waals surface area contributed by atoms with Crippen molar-refractivity contribution in [3.05, 3.63) is 16.6 Å². The first-order chi connectivity index (χ1) is 8.81. The maximum absolute atomic E-state index is 5.00. The van der Waals surface area contributed by atoms with Crippen LogP contribution in [0.3, 0.4) is 0 Å². The lowest BCUT2D eigenvalue weighted by Crippen LogP contribution is -2.11. The van der Waals surface area contributed by atoms with Crippen molar-refractivity contribution < 1.29 is 4.74 Å². The minimum absolute atomic E-state index is 0.283. The zero-order valence-electron chi connectivity index (χ0n) is 10.2. The minimum atomic E-state index is 0.283. The van der Waals surface area contributed by atoms with Crippen molar-refractivity contribution in [3.8, 4) is 6.01 Å². The average Bonchev–Trinajstić information content (AvgIpc) is 2.91. The van der Waals surface area contributed by atoms with Crippen LogP contribution in [0.5, 0.6) is 6.01 Å². The molecule has 0 saturated heterocycles. The predicted octanol–water partition coefficient (Wildman–Crippen LogP) is 1.03. The highest BCUT2D eigenvalue weighted by atomic mass is 32.1. The Morgan fingerprint density at radius 2 is 2.11 bits per heavy atom. The van der Waals surface area contributed by atoms with Gasteiger partial charge in [0.2, 0.25) is 11.9 Å². The molecule has 8 heteroatoms. The highest BCUT2D eigenvalue weighted by molar-refractivity contribution is 7.07. The molecule has 0 bridgehead atoms. The van der Waals surface area contributed by atoms with Crippen LogP contribution in [0.2, 0.25) is 0 Å². The van der Waals surface area contributed by atoms with Gasteiger partial charge in [0.05, 0.1) is 18.3 Å². The number of anilines is 2. The van der Waals surface area contributed by atoms with Crippen LogP contribution in [0.15, 0.2) is 10.9 Å². The van der Waals surface area contributed by atoms with Gasteiger partial charge < -0.3 is 15.4 Å². The monoisotopic (exact) mass is 266 g/mol. The zero-order chi connectivity index (χ0) is 12.8. The lowest BCUT2D eigenvalue weighted by atomic mass is 10.3. The van der Waals surface area contributed by atoms with Crippen LogP contribution in [-0.2, 0) is 6.42 Å². The Labute approximate surface area is 109 Å². The van der Waals surface area contributed by atoms with E-state index in [4.69, 9.17) is 4.74 Å². The van der Waals surface area contributed by atoms with Gasteiger partial charge in [0.25, 0.3) is 0 Å². The highest BCUT2D eigenvalue weighted by Gasteiger charge is 2.05. The van der Waals surface area contributed by atoms with Crippen LogP contribution < -0.4 is 15.4 Å². The zero-order valence-corrected chi connectivity index (χ0v) is 11.0. The molecule has 2 N–H and O–H groups in total. The first kappa shape index (κ1) is 12.5. The Balaban J connectivity index is 1.95. The first-order valence-corrected chi connectivity index (χ1v) is 6.35. The molecule has 7 nitrogen and oxygen atoms in total. The quantitative estimate of drug-likeness (QED) is 0.807. The van der Waals surface area contributed by atoms with E-state index in [-0.39, 0.29) is 6.01 Å². The third kappa shape index (κ3) is 3.27. The van der Waals surface area contributed by atoms with E-state index in [1.807, 2.05) is 10.9 Å². The second-order valence-corrected chi connectivity index (χ2v) is 4.09. The van der Waals surface area contributed by atoms with Gasteiger partial charge in [-0.3, -0.25) is 0 Å². The van der Waals surface area contributed by atoms with Gasteiger partial charge in [-0.2, -0.15) is 15.0 Å². The molecule has 18 heavy (non-hydrogen) atoms. The van der Waals surface area contributed by atoms with Crippen LogP contribution in [-0.4, -0.2) is 40.6 Å². The van der Waals surface area contributed by atoms with Gasteiger partial charge in [0.15, 0.2) is 0 Å². The summed E-state index contributed by atoms with van der Waals surface area (Å²) in [6, 6.07) is 0.283. The van der Waals surface area contributed by atoms with Crippen LogP contribution in [0, 0.1) is 0 Å². The minimum Gasteiger partial charge on any atom is -0.467 e. The molecule has 0 aliphatic heterocycles.